The minimum absolute atomic E-state index is 0.0490. The summed E-state index contributed by atoms with van der Waals surface area (Å²) in [6, 6.07) is 25.4. The van der Waals surface area contributed by atoms with Gasteiger partial charge in [0, 0.05) is 22.8 Å². The van der Waals surface area contributed by atoms with Crippen LogP contribution in [0.2, 0.25) is 15.1 Å². The molecule has 0 saturated heterocycles. The minimum atomic E-state index is -5.25. The molecule has 0 fully saturated rings. The number of anilines is 4. The van der Waals surface area contributed by atoms with E-state index in [-0.39, 0.29) is 16.8 Å². The van der Waals surface area contributed by atoms with Gasteiger partial charge in [-0.2, -0.15) is 41.8 Å². The number of carbonyl (C=O) groups excluding carboxylic acids is 3. The monoisotopic (exact) mass is 1170 g/mol. The van der Waals surface area contributed by atoms with Gasteiger partial charge in [0.15, 0.2) is 26.7 Å². The van der Waals surface area contributed by atoms with Gasteiger partial charge in [0.2, 0.25) is 5.88 Å². The van der Waals surface area contributed by atoms with Gasteiger partial charge in [-0.25, -0.2) is 28.0 Å². The number of nitriles is 1. The van der Waals surface area contributed by atoms with Crippen molar-refractivity contribution in [2.75, 3.05) is 49.9 Å². The van der Waals surface area contributed by atoms with E-state index in [9.17, 15) is 44.9 Å². The lowest BCUT2D eigenvalue weighted by Gasteiger charge is -2.20. The number of nitrogens with two attached hydrogens (primary N) is 1. The Morgan fingerprint density at radius 1 is 0.800 bits per heavy atom. The number of nitrogen functional groups attached to an aromatic ring is 1. The molecular weight excluding hydrogens is 1130 g/mol. The topological polar surface area (TPSA) is 251 Å². The average molecular weight is 1170 g/mol. The molecule has 398 valence electrons. The van der Waals surface area contributed by atoms with Gasteiger partial charge in [-0.1, -0.05) is 65.1 Å². The molecule has 20 nitrogen and oxygen atoms in total. The summed E-state index contributed by atoms with van der Waals surface area (Å²) in [5.74, 6) is -0.456. The van der Waals surface area contributed by atoms with E-state index in [4.69, 9.17) is 84.5 Å². The third kappa shape index (κ3) is 16.8. The SMILES string of the molecule is COC(=O)N(OC)c1ccccc1COc1ccn(-c2ccc(Cl)cc2)n1.COC(=O)NC(=S)Nc1ccccc1NC(=S)NC(=O)OC.N#Cc1nn(-c2c(Cl)cc(C(F)(F)F)cc2Cl)c(N)c1S(=O)C(F)(F)F. The van der Waals surface area contributed by atoms with Gasteiger partial charge < -0.3 is 35.3 Å². The molecule has 6 N–H and O–H groups in total. The molecule has 32 heteroatoms. The van der Waals surface area contributed by atoms with Crippen molar-refractivity contribution in [2.24, 2.45) is 0 Å². The average Bonchev–Trinajstić information content (AvgIpc) is 3.97. The molecule has 0 radical (unpaired) electrons. The van der Waals surface area contributed by atoms with E-state index in [1.54, 1.807) is 65.5 Å². The number of nitrogens with one attached hydrogen (secondary N) is 4. The molecule has 1 atom stereocenters. The molecule has 0 aliphatic rings. The number of hydrogen-bond donors (Lipinski definition) is 5. The summed E-state index contributed by atoms with van der Waals surface area (Å²) < 4.78 is 109. The fourth-order valence-electron chi connectivity index (χ4n) is 5.64. The number of para-hydroxylation sites is 3. The molecule has 75 heavy (non-hydrogen) atoms. The summed E-state index contributed by atoms with van der Waals surface area (Å²) in [6.07, 6.45) is -5.00. The number of ether oxygens (including phenoxy) is 4. The van der Waals surface area contributed by atoms with E-state index in [1.807, 2.05) is 24.3 Å². The first-order valence-electron chi connectivity index (χ1n) is 20.1. The van der Waals surface area contributed by atoms with E-state index in [1.165, 1.54) is 34.5 Å². The maximum atomic E-state index is 12.7. The van der Waals surface area contributed by atoms with Gasteiger partial charge >= 0.3 is 30.0 Å². The summed E-state index contributed by atoms with van der Waals surface area (Å²) in [4.78, 5) is 38.0. The Bertz CT molecular complexity index is 3030. The normalized spacial score (nSPS) is 11.1. The number of benzene rings is 4. The molecule has 6 rings (SSSR count). The Kier molecular flexibility index (Phi) is 21.8. The van der Waals surface area contributed by atoms with Crippen LogP contribution in [0.15, 0.2) is 102 Å². The highest BCUT2D eigenvalue weighted by Crippen LogP contribution is 2.40. The van der Waals surface area contributed by atoms with Gasteiger partial charge in [0.1, 0.15) is 29.1 Å². The predicted molar refractivity (Wildman–Crippen MR) is 271 cm³/mol. The third-order valence-corrected chi connectivity index (χ3v) is 11.4. The van der Waals surface area contributed by atoms with Crippen LogP contribution < -0.4 is 36.8 Å². The second kappa shape index (κ2) is 27.2. The molecule has 2 heterocycles. The van der Waals surface area contributed by atoms with Gasteiger partial charge in [0.05, 0.1) is 66.8 Å². The Balaban J connectivity index is 0.000000245. The fraction of sp³-hybridized carbons (Fsp3) is 0.163. The number of alkyl carbamates (subject to hydrolysis) is 2. The van der Waals surface area contributed by atoms with Gasteiger partial charge in [0.25, 0.3) is 0 Å². The Hall–Kier alpha value is -7.46. The number of rotatable bonds is 10. The largest absolute Gasteiger partial charge is 0.476 e. The Morgan fingerprint density at radius 3 is 1.81 bits per heavy atom. The van der Waals surface area contributed by atoms with Crippen molar-refractivity contribution in [3.8, 4) is 23.3 Å². The summed E-state index contributed by atoms with van der Waals surface area (Å²) in [7, 11) is 1.43. The van der Waals surface area contributed by atoms with Crippen LogP contribution in [0.1, 0.15) is 16.8 Å². The zero-order chi connectivity index (χ0) is 55.8. The number of methoxy groups -OCH3 is 3. The van der Waals surface area contributed by atoms with E-state index < -0.39 is 78.5 Å². The number of aromatic nitrogens is 4. The molecule has 0 saturated carbocycles. The van der Waals surface area contributed by atoms with Crippen molar-refractivity contribution in [3.63, 3.8) is 0 Å². The molecule has 2 aromatic heterocycles. The molecule has 0 aliphatic heterocycles. The molecule has 4 aromatic carbocycles. The lowest BCUT2D eigenvalue weighted by atomic mass is 10.2. The number of hydrogen-bond acceptors (Lipinski definition) is 15. The quantitative estimate of drug-likeness (QED) is 0.0370. The van der Waals surface area contributed by atoms with Crippen molar-refractivity contribution < 1.29 is 68.7 Å². The second-order valence-corrected chi connectivity index (χ2v) is 17.2. The summed E-state index contributed by atoms with van der Waals surface area (Å²) in [5, 5.41) is 27.5. The summed E-state index contributed by atoms with van der Waals surface area (Å²) >= 11 is 27.3. The van der Waals surface area contributed by atoms with Crippen molar-refractivity contribution in [1.29, 1.82) is 5.26 Å². The number of nitrogens with zero attached hydrogens (tertiary/aromatic N) is 6. The first-order chi connectivity index (χ1) is 35.4. The van der Waals surface area contributed by atoms with Gasteiger partial charge in [-0.3, -0.25) is 15.5 Å². The van der Waals surface area contributed by atoms with E-state index in [0.29, 0.717) is 44.8 Å². The zero-order valence-electron chi connectivity index (χ0n) is 38.5. The standard InChI is InChI=1S/C19H18ClN3O4.C12H4Cl2F6N4OS.C12H14N4O4S2/c1-25-19(24)23(26-2)17-6-4-3-5-14(17)13-27-18-11-12-22(21-18)16-9-7-15(20)8-10-16;13-5-1-4(11(15,16)17)2-6(14)8(5)24-10(22)9(7(3-21)23-24)26(25)12(18,19)20;1-19-11(17)15-9(21)13-7-5-3-4-6-8(7)14-10(22)16-12(18)20-2/h3-12H,13H2,1-2H3;1-2H,22H2;3-6H,1-2H3,(H2,13,15,17,21)(H2,14,16,18,22). The molecule has 0 bridgehead atoms. The van der Waals surface area contributed by atoms with Crippen LogP contribution in [0, 0.1) is 11.3 Å². The Labute approximate surface area is 448 Å². The number of thiocarbonyl (C=S) groups is 2. The number of amides is 3. The van der Waals surface area contributed by atoms with Crippen LogP contribution in [-0.2, 0) is 42.6 Å². The smallest absolute Gasteiger partial charge is 0.472 e. The number of halogens is 9. The minimum Gasteiger partial charge on any atom is -0.472 e. The predicted octanol–water partition coefficient (Wildman–Crippen LogP) is 10.3. The van der Waals surface area contributed by atoms with E-state index in [0.717, 1.165) is 16.3 Å². The number of carbonyl (C=O) groups is 3. The van der Waals surface area contributed by atoms with E-state index >= 15 is 0 Å². The molecule has 3 amide bonds. The lowest BCUT2D eigenvalue weighted by Crippen LogP contribution is -2.35. The van der Waals surface area contributed by atoms with Crippen LogP contribution in [0.5, 0.6) is 5.88 Å². The van der Waals surface area contributed by atoms with Gasteiger partial charge in [-0.05, 0) is 79.0 Å². The first kappa shape index (κ1) is 60.1. The highest BCUT2D eigenvalue weighted by atomic mass is 35.5. The van der Waals surface area contributed by atoms with E-state index in [2.05, 4.69) is 40.9 Å². The maximum Gasteiger partial charge on any atom is 0.476 e. The molecular formula is C43H36Cl3F6N11O9S3. The van der Waals surface area contributed by atoms with Crippen LogP contribution >= 0.6 is 59.2 Å². The van der Waals surface area contributed by atoms with Crippen molar-refractivity contribution >= 4 is 121 Å². The zero-order valence-corrected chi connectivity index (χ0v) is 43.2. The molecule has 6 aromatic rings. The Morgan fingerprint density at radius 2 is 1.33 bits per heavy atom. The highest BCUT2D eigenvalue weighted by Gasteiger charge is 2.43. The maximum absolute atomic E-state index is 12.7. The van der Waals surface area contributed by atoms with Crippen molar-refractivity contribution in [3.05, 3.63) is 129 Å². The number of hydroxylamine groups is 1. The summed E-state index contributed by atoms with van der Waals surface area (Å²) in [6.45, 7) is 0.199. The summed E-state index contributed by atoms with van der Waals surface area (Å²) in [5.41, 5.74) is 0.798. The van der Waals surface area contributed by atoms with Gasteiger partial charge in [-0.15, -0.1) is 5.10 Å². The number of alkyl halides is 6. The molecule has 0 aliphatic carbocycles. The van der Waals surface area contributed by atoms with Crippen LogP contribution in [-0.4, -0.2) is 86.2 Å². The first-order valence-corrected chi connectivity index (χ1v) is 23.2. The lowest BCUT2D eigenvalue weighted by molar-refractivity contribution is -0.137. The third-order valence-electron chi connectivity index (χ3n) is 8.92. The fourth-order valence-corrected chi connectivity index (χ4v) is 7.57. The van der Waals surface area contributed by atoms with Crippen molar-refractivity contribution in [2.45, 2.75) is 23.2 Å². The van der Waals surface area contributed by atoms with Crippen LogP contribution in [0.4, 0.5) is 63.6 Å². The second-order valence-electron chi connectivity index (χ2n) is 13.7. The molecule has 0 spiro atoms. The van der Waals surface area contributed by atoms with Crippen LogP contribution in [0.3, 0.4) is 0 Å². The van der Waals surface area contributed by atoms with Crippen LogP contribution in [0.25, 0.3) is 11.4 Å². The van der Waals surface area contributed by atoms with Crippen molar-refractivity contribution in [1.82, 2.24) is 30.2 Å². The highest BCUT2D eigenvalue weighted by molar-refractivity contribution is 7.86. The molecule has 1 unspecified atom stereocenters.